The van der Waals surface area contributed by atoms with Gasteiger partial charge in [0.1, 0.15) is 0 Å². The molecule has 7 heteroatoms. The first kappa shape index (κ1) is 13.9. The number of benzene rings is 1. The van der Waals surface area contributed by atoms with Gasteiger partial charge < -0.3 is 0 Å². The van der Waals surface area contributed by atoms with Gasteiger partial charge in [-0.05, 0) is 25.0 Å². The van der Waals surface area contributed by atoms with E-state index in [1.807, 2.05) is 0 Å². The summed E-state index contributed by atoms with van der Waals surface area (Å²) in [5.74, 6) is 0. The Hall–Kier alpha value is -0.490. The molecule has 1 fully saturated rings. The van der Waals surface area contributed by atoms with Gasteiger partial charge in [-0.3, -0.25) is 4.72 Å². The first-order valence-corrected chi connectivity index (χ1v) is 7.92. The Morgan fingerprint density at radius 2 is 1.61 bits per heavy atom. The van der Waals surface area contributed by atoms with Gasteiger partial charge >= 0.3 is 10.2 Å². The molecule has 0 unspecified atom stereocenters. The number of hydrogen-bond donors (Lipinski definition) is 1. The van der Waals surface area contributed by atoms with Crippen molar-refractivity contribution in [3.8, 4) is 0 Å². The van der Waals surface area contributed by atoms with Crippen molar-refractivity contribution in [2.24, 2.45) is 0 Å². The number of rotatable bonds is 3. The molecule has 1 aliphatic heterocycles. The fraction of sp³-hybridized carbons (Fsp3) is 0.455. The molecule has 1 aliphatic rings. The van der Waals surface area contributed by atoms with Gasteiger partial charge in [-0.25, -0.2) is 0 Å². The highest BCUT2D eigenvalue weighted by atomic mass is 35.5. The SMILES string of the molecule is O=S(=O)(Nc1c(Cl)cccc1Cl)N1CCCCC1. The maximum Gasteiger partial charge on any atom is 0.301 e. The highest BCUT2D eigenvalue weighted by Gasteiger charge is 2.25. The predicted molar refractivity (Wildman–Crippen MR) is 74.4 cm³/mol. The summed E-state index contributed by atoms with van der Waals surface area (Å²) in [5, 5.41) is 0.589. The van der Waals surface area contributed by atoms with Crippen LogP contribution < -0.4 is 4.72 Å². The highest BCUT2D eigenvalue weighted by Crippen LogP contribution is 2.31. The number of hydrogen-bond acceptors (Lipinski definition) is 2. The number of para-hydroxylation sites is 1. The molecule has 1 aromatic carbocycles. The Balaban J connectivity index is 2.22. The zero-order valence-corrected chi connectivity index (χ0v) is 12.0. The zero-order valence-electron chi connectivity index (χ0n) is 9.70. The molecular weight excluding hydrogens is 295 g/mol. The van der Waals surface area contributed by atoms with Crippen molar-refractivity contribution >= 4 is 39.1 Å². The minimum atomic E-state index is -3.57. The van der Waals surface area contributed by atoms with Crippen molar-refractivity contribution in [3.05, 3.63) is 28.2 Å². The molecule has 0 saturated carbocycles. The van der Waals surface area contributed by atoms with Crippen LogP contribution in [0.2, 0.25) is 10.0 Å². The van der Waals surface area contributed by atoms with Gasteiger partial charge in [-0.1, -0.05) is 35.7 Å². The summed E-state index contributed by atoms with van der Waals surface area (Å²) in [4.78, 5) is 0. The minimum Gasteiger partial charge on any atom is -0.268 e. The van der Waals surface area contributed by atoms with Crippen molar-refractivity contribution in [2.75, 3.05) is 17.8 Å². The molecular formula is C11H14Cl2N2O2S. The molecule has 18 heavy (non-hydrogen) atoms. The smallest absolute Gasteiger partial charge is 0.268 e. The normalized spacial score (nSPS) is 17.7. The second-order valence-electron chi connectivity index (χ2n) is 4.16. The molecule has 1 saturated heterocycles. The monoisotopic (exact) mass is 308 g/mol. The molecule has 0 radical (unpaired) electrons. The third-order valence-electron chi connectivity index (χ3n) is 2.85. The third kappa shape index (κ3) is 3.09. The van der Waals surface area contributed by atoms with Crippen LogP contribution in [0.25, 0.3) is 0 Å². The molecule has 0 spiro atoms. The van der Waals surface area contributed by atoms with Gasteiger partial charge in [-0.15, -0.1) is 0 Å². The molecule has 1 aromatic rings. The number of nitrogens with zero attached hydrogens (tertiary/aromatic N) is 1. The molecule has 2 rings (SSSR count). The van der Waals surface area contributed by atoms with E-state index in [1.54, 1.807) is 18.2 Å². The van der Waals surface area contributed by atoms with Crippen LogP contribution in [0.4, 0.5) is 5.69 Å². The first-order valence-electron chi connectivity index (χ1n) is 5.72. The lowest BCUT2D eigenvalue weighted by atomic mass is 10.2. The molecule has 1 heterocycles. The largest absolute Gasteiger partial charge is 0.301 e. The summed E-state index contributed by atoms with van der Waals surface area (Å²) >= 11 is 11.9. The summed E-state index contributed by atoms with van der Waals surface area (Å²) in [6, 6.07) is 4.87. The van der Waals surface area contributed by atoms with Crippen molar-refractivity contribution in [1.29, 1.82) is 0 Å². The molecule has 100 valence electrons. The third-order valence-corrected chi connectivity index (χ3v) is 4.99. The number of nitrogens with one attached hydrogen (secondary N) is 1. The fourth-order valence-corrected chi connectivity index (χ4v) is 3.84. The Morgan fingerprint density at radius 3 is 2.17 bits per heavy atom. The van der Waals surface area contributed by atoms with Crippen molar-refractivity contribution in [2.45, 2.75) is 19.3 Å². The van der Waals surface area contributed by atoms with Crippen LogP contribution in [0, 0.1) is 0 Å². The van der Waals surface area contributed by atoms with E-state index < -0.39 is 10.2 Å². The van der Waals surface area contributed by atoms with E-state index in [4.69, 9.17) is 23.2 Å². The Bertz CT molecular complexity index is 508. The van der Waals surface area contributed by atoms with E-state index in [1.165, 1.54) is 4.31 Å². The lowest BCUT2D eigenvalue weighted by Crippen LogP contribution is -2.39. The first-order chi connectivity index (χ1) is 8.50. The predicted octanol–water partition coefficient (Wildman–Crippen LogP) is 3.14. The van der Waals surface area contributed by atoms with E-state index in [0.717, 1.165) is 19.3 Å². The topological polar surface area (TPSA) is 49.4 Å². The highest BCUT2D eigenvalue weighted by molar-refractivity contribution is 7.90. The van der Waals surface area contributed by atoms with E-state index in [0.29, 0.717) is 23.1 Å². The van der Waals surface area contributed by atoms with Gasteiger partial charge in [0.2, 0.25) is 0 Å². The fourth-order valence-electron chi connectivity index (χ4n) is 1.89. The summed E-state index contributed by atoms with van der Waals surface area (Å²) in [6.45, 7) is 1.08. The second-order valence-corrected chi connectivity index (χ2v) is 6.65. The van der Waals surface area contributed by atoms with Crippen LogP contribution >= 0.6 is 23.2 Å². The number of piperidine rings is 1. The van der Waals surface area contributed by atoms with Gasteiger partial charge in [0.15, 0.2) is 0 Å². The van der Waals surface area contributed by atoms with Crippen molar-refractivity contribution in [3.63, 3.8) is 0 Å². The van der Waals surface area contributed by atoms with E-state index in [2.05, 4.69) is 4.72 Å². The van der Waals surface area contributed by atoms with Crippen LogP contribution in [0.1, 0.15) is 19.3 Å². The maximum absolute atomic E-state index is 12.2. The Morgan fingerprint density at radius 1 is 1.06 bits per heavy atom. The van der Waals surface area contributed by atoms with Gasteiger partial charge in [0, 0.05) is 13.1 Å². The van der Waals surface area contributed by atoms with Crippen LogP contribution in [0.15, 0.2) is 18.2 Å². The molecule has 0 aliphatic carbocycles. The molecule has 1 N–H and O–H groups in total. The average molecular weight is 309 g/mol. The molecule has 0 amide bonds. The van der Waals surface area contributed by atoms with Crippen LogP contribution in [-0.4, -0.2) is 25.8 Å². The lowest BCUT2D eigenvalue weighted by Gasteiger charge is -2.26. The summed E-state index contributed by atoms with van der Waals surface area (Å²) in [6.07, 6.45) is 2.84. The summed E-state index contributed by atoms with van der Waals surface area (Å²) in [7, 11) is -3.57. The second kappa shape index (κ2) is 5.65. The molecule has 0 aromatic heterocycles. The van der Waals surface area contributed by atoms with Gasteiger partial charge in [0.25, 0.3) is 0 Å². The standard InChI is InChI=1S/C11H14Cl2N2O2S/c12-9-5-4-6-10(13)11(9)14-18(16,17)15-7-2-1-3-8-15/h4-6,14H,1-3,7-8H2. The average Bonchev–Trinajstić information content (AvgIpc) is 2.35. The molecule has 0 atom stereocenters. The van der Waals surface area contributed by atoms with Gasteiger partial charge in [-0.2, -0.15) is 12.7 Å². The van der Waals surface area contributed by atoms with Crippen molar-refractivity contribution in [1.82, 2.24) is 4.31 Å². The summed E-state index contributed by atoms with van der Waals surface area (Å²) < 4.78 is 28.2. The van der Waals surface area contributed by atoms with Crippen LogP contribution in [0.5, 0.6) is 0 Å². The maximum atomic E-state index is 12.2. The quantitative estimate of drug-likeness (QED) is 0.932. The minimum absolute atomic E-state index is 0.242. The Labute approximate surface area is 117 Å². The van der Waals surface area contributed by atoms with Crippen LogP contribution in [0.3, 0.4) is 0 Å². The number of anilines is 1. The molecule has 0 bridgehead atoms. The van der Waals surface area contributed by atoms with Gasteiger partial charge in [0.05, 0.1) is 15.7 Å². The Kier molecular flexibility index (Phi) is 4.37. The van der Waals surface area contributed by atoms with E-state index in [9.17, 15) is 8.42 Å². The summed E-state index contributed by atoms with van der Waals surface area (Å²) in [5.41, 5.74) is 0.242. The van der Waals surface area contributed by atoms with Crippen molar-refractivity contribution < 1.29 is 8.42 Å². The zero-order chi connectivity index (χ0) is 13.2. The van der Waals surface area contributed by atoms with Crippen LogP contribution in [-0.2, 0) is 10.2 Å². The van der Waals surface area contributed by atoms with E-state index in [-0.39, 0.29) is 5.69 Å². The molecule has 4 nitrogen and oxygen atoms in total. The van der Waals surface area contributed by atoms with E-state index >= 15 is 0 Å². The lowest BCUT2D eigenvalue weighted by molar-refractivity contribution is 0.349. The number of halogens is 2.